The summed E-state index contributed by atoms with van der Waals surface area (Å²) in [7, 11) is 0. The van der Waals surface area contributed by atoms with Gasteiger partial charge in [-0.2, -0.15) is 0 Å². The fraction of sp³-hybridized carbons (Fsp3) is 0.316. The van der Waals surface area contributed by atoms with Gasteiger partial charge in [0.05, 0.1) is 12.8 Å². The van der Waals surface area contributed by atoms with E-state index in [2.05, 4.69) is 25.5 Å². The average molecular weight is 697 g/mol. The zero-order chi connectivity index (χ0) is 35.3. The first kappa shape index (κ1) is 34.1. The van der Waals surface area contributed by atoms with Crippen LogP contribution >= 0.6 is 0 Å². The zero-order valence-corrected chi connectivity index (χ0v) is 27.9. The number of hydrogen-bond acceptors (Lipinski definition) is 8. The SMILES string of the molecule is O=C(N[C@H]1CC[C@H](NC(=O)c2cc(F)cnc2Oc2cccc(-c3ccc(O)cc3CN3CCCOCC3)c2)CC1)c1cn2cc(F)ccc2n1. The van der Waals surface area contributed by atoms with Gasteiger partial charge in [0.25, 0.3) is 11.8 Å². The Bertz CT molecular complexity index is 2040. The highest BCUT2D eigenvalue weighted by Gasteiger charge is 2.27. The van der Waals surface area contributed by atoms with E-state index in [1.165, 1.54) is 28.9 Å². The third-order valence-electron chi connectivity index (χ3n) is 9.26. The number of fused-ring (bicyclic) bond motifs is 1. The van der Waals surface area contributed by atoms with Gasteiger partial charge in [0.15, 0.2) is 0 Å². The van der Waals surface area contributed by atoms with Crippen molar-refractivity contribution in [1.29, 1.82) is 0 Å². The molecule has 13 heteroatoms. The summed E-state index contributed by atoms with van der Waals surface area (Å²) < 4.78 is 41.1. The van der Waals surface area contributed by atoms with Gasteiger partial charge < -0.3 is 29.6 Å². The molecule has 5 aromatic rings. The van der Waals surface area contributed by atoms with Crippen molar-refractivity contribution in [3.05, 3.63) is 108 Å². The van der Waals surface area contributed by atoms with Crippen molar-refractivity contribution < 1.29 is 33.0 Å². The van der Waals surface area contributed by atoms with Crippen molar-refractivity contribution in [2.75, 3.05) is 26.3 Å². The Labute approximate surface area is 293 Å². The number of imidazole rings is 1. The fourth-order valence-corrected chi connectivity index (χ4v) is 6.68. The van der Waals surface area contributed by atoms with Crippen molar-refractivity contribution in [2.24, 2.45) is 0 Å². The molecular formula is C38H38F2N6O5. The number of carbonyl (C=O) groups is 2. The van der Waals surface area contributed by atoms with Crippen molar-refractivity contribution in [3.8, 4) is 28.5 Å². The minimum Gasteiger partial charge on any atom is -0.508 e. The minimum absolute atomic E-state index is 0.0326. The van der Waals surface area contributed by atoms with E-state index in [4.69, 9.17) is 9.47 Å². The number of aromatic hydroxyl groups is 1. The molecule has 1 aliphatic carbocycles. The van der Waals surface area contributed by atoms with Gasteiger partial charge in [-0.25, -0.2) is 18.7 Å². The second kappa shape index (κ2) is 15.2. The number of hydrogen-bond donors (Lipinski definition) is 3. The zero-order valence-electron chi connectivity index (χ0n) is 27.9. The van der Waals surface area contributed by atoms with E-state index < -0.39 is 17.5 Å². The molecule has 51 heavy (non-hydrogen) atoms. The van der Waals surface area contributed by atoms with Gasteiger partial charge in [0.1, 0.15) is 40.0 Å². The number of carbonyl (C=O) groups excluding carboxylic acids is 2. The first-order chi connectivity index (χ1) is 24.8. The highest BCUT2D eigenvalue weighted by atomic mass is 19.1. The molecule has 2 amide bonds. The number of ether oxygens (including phenoxy) is 2. The topological polar surface area (TPSA) is 130 Å². The number of nitrogens with one attached hydrogen (secondary N) is 2. The maximum Gasteiger partial charge on any atom is 0.271 e. The van der Waals surface area contributed by atoms with Gasteiger partial charge in [-0.1, -0.05) is 18.2 Å². The van der Waals surface area contributed by atoms with Crippen LogP contribution in [0, 0.1) is 11.6 Å². The van der Waals surface area contributed by atoms with Gasteiger partial charge in [0.2, 0.25) is 5.88 Å². The van der Waals surface area contributed by atoms with Gasteiger partial charge >= 0.3 is 0 Å². The number of amides is 2. The number of rotatable bonds is 9. The molecule has 0 bridgehead atoms. The van der Waals surface area contributed by atoms with E-state index in [9.17, 15) is 23.5 Å². The fourth-order valence-electron chi connectivity index (χ4n) is 6.68. The van der Waals surface area contributed by atoms with Crippen LogP contribution in [0.4, 0.5) is 8.78 Å². The van der Waals surface area contributed by atoms with Crippen molar-refractivity contribution >= 4 is 17.5 Å². The Morgan fingerprint density at radius 2 is 1.71 bits per heavy atom. The molecule has 0 unspecified atom stereocenters. The highest BCUT2D eigenvalue weighted by molar-refractivity contribution is 5.96. The molecule has 4 heterocycles. The smallest absolute Gasteiger partial charge is 0.271 e. The van der Waals surface area contributed by atoms with E-state index in [-0.39, 0.29) is 40.9 Å². The Balaban J connectivity index is 0.992. The lowest BCUT2D eigenvalue weighted by Gasteiger charge is -2.29. The molecule has 2 aliphatic rings. The normalized spacial score (nSPS) is 18.2. The van der Waals surface area contributed by atoms with Gasteiger partial charge in [0, 0.05) is 50.7 Å². The second-order valence-electron chi connectivity index (χ2n) is 13.0. The Morgan fingerprint density at radius 3 is 2.53 bits per heavy atom. The van der Waals surface area contributed by atoms with Crippen LogP contribution in [0.25, 0.3) is 16.8 Å². The molecule has 3 N–H and O–H groups in total. The molecule has 1 saturated heterocycles. The van der Waals surface area contributed by atoms with E-state index in [0.717, 1.165) is 55.1 Å². The van der Waals surface area contributed by atoms with Crippen LogP contribution in [0.1, 0.15) is 58.5 Å². The molecule has 0 radical (unpaired) electrons. The number of phenolic OH excluding ortho intramolecular Hbond substituents is 1. The molecule has 264 valence electrons. The van der Waals surface area contributed by atoms with Gasteiger partial charge in [-0.05, 0) is 91.3 Å². The Hall–Kier alpha value is -5.40. The summed E-state index contributed by atoms with van der Waals surface area (Å²) in [6.45, 7) is 3.72. The lowest BCUT2D eigenvalue weighted by Crippen LogP contribution is -2.44. The quantitative estimate of drug-likeness (QED) is 0.175. The van der Waals surface area contributed by atoms with Crippen LogP contribution in [0.5, 0.6) is 17.4 Å². The Kier molecular flexibility index (Phi) is 10.2. The van der Waals surface area contributed by atoms with Gasteiger partial charge in [-0.3, -0.25) is 14.5 Å². The number of nitrogens with zero attached hydrogens (tertiary/aromatic N) is 4. The van der Waals surface area contributed by atoms with Crippen molar-refractivity contribution in [3.63, 3.8) is 0 Å². The van der Waals surface area contributed by atoms with E-state index in [0.29, 0.717) is 50.2 Å². The lowest BCUT2D eigenvalue weighted by atomic mass is 9.91. The van der Waals surface area contributed by atoms with Crippen LogP contribution in [0.2, 0.25) is 0 Å². The second-order valence-corrected chi connectivity index (χ2v) is 13.0. The number of pyridine rings is 2. The maximum absolute atomic E-state index is 14.4. The molecule has 0 atom stereocenters. The molecule has 1 saturated carbocycles. The first-order valence-corrected chi connectivity index (χ1v) is 17.1. The lowest BCUT2D eigenvalue weighted by molar-refractivity contribution is 0.0888. The molecule has 1 aliphatic heterocycles. The van der Waals surface area contributed by atoms with Crippen LogP contribution in [-0.4, -0.2) is 74.6 Å². The molecule has 7 rings (SSSR count). The first-order valence-electron chi connectivity index (χ1n) is 17.1. The summed E-state index contributed by atoms with van der Waals surface area (Å²) in [6, 6.07) is 16.2. The van der Waals surface area contributed by atoms with Crippen LogP contribution < -0.4 is 15.4 Å². The standard InChI is InChI=1S/C38H38F2N6O5/c39-26-5-12-35-44-34(23-46(35)22-26)37(49)43-29-8-6-28(7-9-29)42-36(48)33-19-27(40)20-41-38(33)51-31-4-1-3-24(18-31)32-11-10-30(47)17-25(32)21-45-13-2-15-50-16-14-45/h1,3-5,10-12,17-20,22-23,28-29,47H,2,6-9,13-16,21H2,(H,42,48)(H,43,49)/t28-,29-. The summed E-state index contributed by atoms with van der Waals surface area (Å²) in [5, 5.41) is 16.3. The highest BCUT2D eigenvalue weighted by Crippen LogP contribution is 2.33. The molecule has 11 nitrogen and oxygen atoms in total. The summed E-state index contributed by atoms with van der Waals surface area (Å²) in [5.74, 6) is -1.40. The predicted molar refractivity (Wildman–Crippen MR) is 185 cm³/mol. The molecular weight excluding hydrogens is 658 g/mol. The number of aromatic nitrogens is 3. The molecule has 0 spiro atoms. The van der Waals surface area contributed by atoms with Gasteiger partial charge in [-0.15, -0.1) is 0 Å². The molecule has 2 fully saturated rings. The maximum atomic E-state index is 14.4. The number of halogens is 2. The van der Waals surface area contributed by atoms with Crippen molar-refractivity contribution in [1.82, 2.24) is 29.9 Å². The minimum atomic E-state index is -0.671. The largest absolute Gasteiger partial charge is 0.508 e. The third kappa shape index (κ3) is 8.33. The number of phenols is 1. The van der Waals surface area contributed by atoms with Crippen molar-refractivity contribution in [2.45, 2.75) is 50.7 Å². The monoisotopic (exact) mass is 696 g/mol. The summed E-state index contributed by atoms with van der Waals surface area (Å²) >= 11 is 0. The predicted octanol–water partition coefficient (Wildman–Crippen LogP) is 5.87. The summed E-state index contributed by atoms with van der Waals surface area (Å²) in [4.78, 5) is 37.0. The Morgan fingerprint density at radius 1 is 0.902 bits per heavy atom. The van der Waals surface area contributed by atoms with Crippen LogP contribution in [-0.2, 0) is 11.3 Å². The molecule has 2 aromatic carbocycles. The summed E-state index contributed by atoms with van der Waals surface area (Å²) in [6.07, 6.45) is 7.10. The van der Waals surface area contributed by atoms with Crippen LogP contribution in [0.3, 0.4) is 0 Å². The summed E-state index contributed by atoms with van der Waals surface area (Å²) in [5.41, 5.74) is 3.36. The van der Waals surface area contributed by atoms with Crippen LogP contribution in [0.15, 0.2) is 79.3 Å². The third-order valence-corrected chi connectivity index (χ3v) is 9.26. The van der Waals surface area contributed by atoms with E-state index >= 15 is 0 Å². The number of benzene rings is 2. The molecule has 3 aromatic heterocycles. The van der Waals surface area contributed by atoms with E-state index in [1.807, 2.05) is 24.3 Å². The van der Waals surface area contributed by atoms with E-state index in [1.54, 1.807) is 18.2 Å². The average Bonchev–Trinajstić information content (AvgIpc) is 3.38.